The average Bonchev–Trinajstić information content (AvgIpc) is 2.80. The van der Waals surface area contributed by atoms with Crippen molar-refractivity contribution in [2.45, 2.75) is 24.8 Å². The Bertz CT molecular complexity index is 987. The van der Waals surface area contributed by atoms with Gasteiger partial charge in [-0.2, -0.15) is 0 Å². The second-order valence-corrected chi connectivity index (χ2v) is 7.96. The molecule has 0 spiro atoms. The third-order valence-electron chi connectivity index (χ3n) is 5.66. The van der Waals surface area contributed by atoms with Crippen molar-refractivity contribution in [3.8, 4) is 0 Å². The molecule has 30 heavy (non-hydrogen) atoms. The van der Waals surface area contributed by atoms with Crippen molar-refractivity contribution < 1.29 is 9.53 Å². The van der Waals surface area contributed by atoms with Gasteiger partial charge in [0.15, 0.2) is 0 Å². The SMILES string of the molecule is O=C(Nc1ccc(NCc2ccccc2)c(Cl)c1)C1(c2ccccc2)CCOCC1. The van der Waals surface area contributed by atoms with Gasteiger partial charge in [-0.3, -0.25) is 4.79 Å². The molecule has 154 valence electrons. The summed E-state index contributed by atoms with van der Waals surface area (Å²) in [7, 11) is 0. The van der Waals surface area contributed by atoms with Gasteiger partial charge in [-0.15, -0.1) is 0 Å². The van der Waals surface area contributed by atoms with E-state index in [1.165, 1.54) is 5.56 Å². The zero-order valence-electron chi connectivity index (χ0n) is 16.7. The zero-order valence-corrected chi connectivity index (χ0v) is 17.5. The number of carbonyl (C=O) groups excluding carboxylic acids is 1. The molecule has 1 saturated heterocycles. The molecular weight excluding hydrogens is 396 g/mol. The highest BCUT2D eigenvalue weighted by Crippen LogP contribution is 2.36. The Kier molecular flexibility index (Phi) is 6.36. The van der Waals surface area contributed by atoms with Crippen LogP contribution in [0.3, 0.4) is 0 Å². The van der Waals surface area contributed by atoms with Crippen molar-refractivity contribution in [1.29, 1.82) is 0 Å². The molecule has 1 fully saturated rings. The number of hydrogen-bond donors (Lipinski definition) is 2. The Hall–Kier alpha value is -2.82. The molecular formula is C25H25ClN2O2. The number of hydrogen-bond acceptors (Lipinski definition) is 3. The Balaban J connectivity index is 1.49. The van der Waals surface area contributed by atoms with E-state index in [4.69, 9.17) is 16.3 Å². The predicted octanol–water partition coefficient (Wildman–Crippen LogP) is 5.64. The minimum Gasteiger partial charge on any atom is -0.381 e. The number of ether oxygens (including phenoxy) is 1. The molecule has 4 rings (SSSR count). The van der Waals surface area contributed by atoms with Crippen LogP contribution in [0.15, 0.2) is 78.9 Å². The summed E-state index contributed by atoms with van der Waals surface area (Å²) in [5.74, 6) is -0.0157. The van der Waals surface area contributed by atoms with E-state index in [2.05, 4.69) is 22.8 Å². The molecule has 0 radical (unpaired) electrons. The van der Waals surface area contributed by atoms with Crippen molar-refractivity contribution in [2.75, 3.05) is 23.8 Å². The van der Waals surface area contributed by atoms with Crippen molar-refractivity contribution in [1.82, 2.24) is 0 Å². The summed E-state index contributed by atoms with van der Waals surface area (Å²) in [6.07, 6.45) is 1.32. The van der Waals surface area contributed by atoms with E-state index in [0.29, 0.717) is 43.3 Å². The van der Waals surface area contributed by atoms with Crippen molar-refractivity contribution in [3.63, 3.8) is 0 Å². The predicted molar refractivity (Wildman–Crippen MR) is 122 cm³/mol. The number of carbonyl (C=O) groups is 1. The Morgan fingerprint density at radius 2 is 1.60 bits per heavy atom. The number of halogens is 1. The fourth-order valence-electron chi connectivity index (χ4n) is 3.90. The van der Waals surface area contributed by atoms with Gasteiger partial charge in [0.25, 0.3) is 0 Å². The highest BCUT2D eigenvalue weighted by Gasteiger charge is 2.41. The van der Waals surface area contributed by atoms with Crippen LogP contribution in [0.5, 0.6) is 0 Å². The van der Waals surface area contributed by atoms with Gasteiger partial charge in [0.05, 0.1) is 16.1 Å². The van der Waals surface area contributed by atoms with Gasteiger partial charge in [0.1, 0.15) is 0 Å². The lowest BCUT2D eigenvalue weighted by molar-refractivity contribution is -0.125. The summed E-state index contributed by atoms with van der Waals surface area (Å²) in [6, 6.07) is 25.7. The van der Waals surface area contributed by atoms with E-state index in [0.717, 1.165) is 11.3 Å². The first kappa shape index (κ1) is 20.5. The maximum atomic E-state index is 13.4. The average molecular weight is 421 g/mol. The lowest BCUT2D eigenvalue weighted by Crippen LogP contribution is -2.44. The van der Waals surface area contributed by atoms with Crippen molar-refractivity contribution >= 4 is 28.9 Å². The normalized spacial score (nSPS) is 15.4. The van der Waals surface area contributed by atoms with E-state index in [1.807, 2.05) is 60.7 Å². The highest BCUT2D eigenvalue weighted by atomic mass is 35.5. The first-order chi connectivity index (χ1) is 14.7. The summed E-state index contributed by atoms with van der Waals surface area (Å²) in [4.78, 5) is 13.4. The molecule has 1 aliphatic rings. The maximum Gasteiger partial charge on any atom is 0.235 e. The van der Waals surface area contributed by atoms with Gasteiger partial charge in [0.2, 0.25) is 5.91 Å². The molecule has 3 aromatic rings. The van der Waals surface area contributed by atoms with Crippen LogP contribution < -0.4 is 10.6 Å². The highest BCUT2D eigenvalue weighted by molar-refractivity contribution is 6.33. The van der Waals surface area contributed by atoms with E-state index >= 15 is 0 Å². The van der Waals surface area contributed by atoms with Crippen LogP contribution in [0.2, 0.25) is 5.02 Å². The number of benzene rings is 3. The molecule has 0 aromatic heterocycles. The summed E-state index contributed by atoms with van der Waals surface area (Å²) >= 11 is 6.48. The van der Waals surface area contributed by atoms with Gasteiger partial charge >= 0.3 is 0 Å². The monoisotopic (exact) mass is 420 g/mol. The quantitative estimate of drug-likeness (QED) is 0.542. The summed E-state index contributed by atoms with van der Waals surface area (Å²) in [5.41, 5.74) is 3.14. The summed E-state index contributed by atoms with van der Waals surface area (Å²) in [6.45, 7) is 1.83. The molecule has 0 atom stereocenters. The molecule has 1 heterocycles. The molecule has 2 N–H and O–H groups in total. The van der Waals surface area contributed by atoms with Crippen LogP contribution in [0.4, 0.5) is 11.4 Å². The van der Waals surface area contributed by atoms with Gasteiger partial charge in [-0.1, -0.05) is 72.3 Å². The van der Waals surface area contributed by atoms with E-state index < -0.39 is 5.41 Å². The van der Waals surface area contributed by atoms with Gasteiger partial charge in [-0.25, -0.2) is 0 Å². The Morgan fingerprint density at radius 1 is 0.933 bits per heavy atom. The molecule has 0 bridgehead atoms. The number of amides is 1. The van der Waals surface area contributed by atoms with Crippen LogP contribution in [0.1, 0.15) is 24.0 Å². The first-order valence-electron chi connectivity index (χ1n) is 10.2. The number of rotatable bonds is 6. The van der Waals surface area contributed by atoms with Crippen molar-refractivity contribution in [2.24, 2.45) is 0 Å². The Morgan fingerprint density at radius 3 is 2.27 bits per heavy atom. The topological polar surface area (TPSA) is 50.4 Å². The minimum atomic E-state index is -0.587. The smallest absolute Gasteiger partial charge is 0.235 e. The van der Waals surface area contributed by atoms with E-state index in [-0.39, 0.29) is 5.91 Å². The fourth-order valence-corrected chi connectivity index (χ4v) is 4.15. The van der Waals surface area contributed by atoms with Crippen LogP contribution in [0, 0.1) is 0 Å². The van der Waals surface area contributed by atoms with Crippen LogP contribution in [-0.4, -0.2) is 19.1 Å². The molecule has 5 heteroatoms. The second kappa shape index (κ2) is 9.33. The molecule has 4 nitrogen and oxygen atoms in total. The van der Waals surface area contributed by atoms with Gasteiger partial charge in [-0.05, 0) is 42.2 Å². The minimum absolute atomic E-state index is 0.0157. The number of anilines is 2. The fraction of sp³-hybridized carbons (Fsp3) is 0.240. The van der Waals surface area contributed by atoms with Gasteiger partial charge < -0.3 is 15.4 Å². The summed E-state index contributed by atoms with van der Waals surface area (Å²) < 4.78 is 5.54. The molecule has 0 unspecified atom stereocenters. The van der Waals surface area contributed by atoms with Gasteiger partial charge in [0, 0.05) is 25.4 Å². The first-order valence-corrected chi connectivity index (χ1v) is 10.6. The molecule has 1 aliphatic heterocycles. The third kappa shape index (κ3) is 4.50. The Labute approximate surface area is 182 Å². The van der Waals surface area contributed by atoms with Crippen LogP contribution >= 0.6 is 11.6 Å². The van der Waals surface area contributed by atoms with Crippen LogP contribution in [0.25, 0.3) is 0 Å². The maximum absolute atomic E-state index is 13.4. The van der Waals surface area contributed by atoms with Crippen molar-refractivity contribution in [3.05, 3.63) is 95.0 Å². The largest absolute Gasteiger partial charge is 0.381 e. The zero-order chi connectivity index (χ0) is 20.8. The number of nitrogens with one attached hydrogen (secondary N) is 2. The standard InChI is InChI=1S/C25H25ClN2O2/c26-22-17-21(11-12-23(22)27-18-19-7-3-1-4-8-19)28-24(29)25(13-15-30-16-14-25)20-9-5-2-6-10-20/h1-12,17,27H,13-16,18H2,(H,28,29). The molecule has 0 aliphatic carbocycles. The molecule has 1 amide bonds. The molecule has 3 aromatic carbocycles. The summed E-state index contributed by atoms with van der Waals surface area (Å²) in [5, 5.41) is 7.00. The van der Waals surface area contributed by atoms with E-state index in [9.17, 15) is 4.79 Å². The second-order valence-electron chi connectivity index (χ2n) is 7.55. The lowest BCUT2D eigenvalue weighted by Gasteiger charge is -2.36. The van der Waals surface area contributed by atoms with E-state index in [1.54, 1.807) is 6.07 Å². The lowest BCUT2D eigenvalue weighted by atomic mass is 9.73. The van der Waals surface area contributed by atoms with Crippen LogP contribution in [-0.2, 0) is 21.5 Å². The third-order valence-corrected chi connectivity index (χ3v) is 5.97. The molecule has 0 saturated carbocycles.